The van der Waals surface area contributed by atoms with Crippen molar-refractivity contribution in [3.8, 4) is 0 Å². The summed E-state index contributed by atoms with van der Waals surface area (Å²) in [5, 5.41) is 9.14. The molecular weight excluding hydrogens is 456 g/mol. The van der Waals surface area contributed by atoms with Gasteiger partial charge in [-0.2, -0.15) is 11.3 Å². The standard InChI is InChI=1S/C24H24N4O3S2/c1-17(29)28(21-5-3-2-4-6-21)24-26-20(16-33-24)7-8-22(30)27-12-9-19(10-13-27)25-23(31)18-11-14-32-15-18/h2-8,11,14-16,19H,9-10,12-13H2,1H3,(H,25,31)/b8-7+. The van der Waals surface area contributed by atoms with Crippen molar-refractivity contribution in [1.82, 2.24) is 15.2 Å². The second-order valence-corrected chi connectivity index (χ2v) is 9.28. The number of aromatic nitrogens is 1. The molecule has 1 fully saturated rings. The molecule has 3 heterocycles. The summed E-state index contributed by atoms with van der Waals surface area (Å²) in [5.74, 6) is -0.273. The van der Waals surface area contributed by atoms with Crippen molar-refractivity contribution in [2.75, 3.05) is 18.0 Å². The highest BCUT2D eigenvalue weighted by Crippen LogP contribution is 2.29. The third kappa shape index (κ3) is 5.74. The number of thiophene rings is 1. The monoisotopic (exact) mass is 480 g/mol. The number of hydrogen-bond donors (Lipinski definition) is 1. The van der Waals surface area contributed by atoms with Gasteiger partial charge in [0.15, 0.2) is 5.13 Å². The van der Waals surface area contributed by atoms with E-state index in [9.17, 15) is 14.4 Å². The number of thiazole rings is 1. The van der Waals surface area contributed by atoms with E-state index in [2.05, 4.69) is 10.3 Å². The largest absolute Gasteiger partial charge is 0.349 e. The predicted molar refractivity (Wildman–Crippen MR) is 132 cm³/mol. The van der Waals surface area contributed by atoms with Gasteiger partial charge in [0.1, 0.15) is 0 Å². The molecule has 1 N–H and O–H groups in total. The maximum Gasteiger partial charge on any atom is 0.252 e. The van der Waals surface area contributed by atoms with Crippen LogP contribution in [0.2, 0.25) is 0 Å². The van der Waals surface area contributed by atoms with Crippen LogP contribution in [0.15, 0.2) is 58.6 Å². The highest BCUT2D eigenvalue weighted by Gasteiger charge is 2.23. The van der Waals surface area contributed by atoms with Gasteiger partial charge < -0.3 is 10.2 Å². The summed E-state index contributed by atoms with van der Waals surface area (Å²) in [5.41, 5.74) is 2.06. The number of benzene rings is 1. The second-order valence-electron chi connectivity index (χ2n) is 7.66. The van der Waals surface area contributed by atoms with E-state index in [-0.39, 0.29) is 23.8 Å². The third-order valence-corrected chi connectivity index (χ3v) is 6.88. The van der Waals surface area contributed by atoms with Gasteiger partial charge in [-0.3, -0.25) is 19.3 Å². The molecule has 0 aliphatic carbocycles. The zero-order valence-corrected chi connectivity index (χ0v) is 19.8. The first-order chi connectivity index (χ1) is 16.0. The molecule has 1 aliphatic heterocycles. The zero-order valence-electron chi connectivity index (χ0n) is 18.1. The van der Waals surface area contributed by atoms with Crippen molar-refractivity contribution in [2.24, 2.45) is 0 Å². The van der Waals surface area contributed by atoms with Crippen LogP contribution in [0.3, 0.4) is 0 Å². The molecule has 9 heteroatoms. The zero-order chi connectivity index (χ0) is 23.2. The lowest BCUT2D eigenvalue weighted by molar-refractivity contribution is -0.127. The molecule has 0 atom stereocenters. The lowest BCUT2D eigenvalue weighted by atomic mass is 10.0. The normalized spacial score (nSPS) is 14.4. The first-order valence-corrected chi connectivity index (χ1v) is 12.4. The number of carbonyl (C=O) groups is 3. The maximum atomic E-state index is 12.6. The molecule has 3 aromatic rings. The fourth-order valence-corrected chi connectivity index (χ4v) is 5.12. The molecule has 0 radical (unpaired) electrons. The van der Waals surface area contributed by atoms with E-state index in [1.807, 2.05) is 52.5 Å². The SMILES string of the molecule is CC(=O)N(c1ccccc1)c1nc(/C=C/C(=O)N2CCC(NC(=O)c3ccsc3)CC2)cs1. The van der Waals surface area contributed by atoms with Crippen molar-refractivity contribution in [1.29, 1.82) is 0 Å². The van der Waals surface area contributed by atoms with Gasteiger partial charge in [0.05, 0.1) is 11.4 Å². The third-order valence-electron chi connectivity index (χ3n) is 5.35. The van der Waals surface area contributed by atoms with Crippen molar-refractivity contribution in [3.05, 3.63) is 69.9 Å². The summed E-state index contributed by atoms with van der Waals surface area (Å²) in [6.07, 6.45) is 4.64. The average Bonchev–Trinajstić information content (AvgIpc) is 3.51. The molecule has 0 bridgehead atoms. The molecule has 1 saturated heterocycles. The number of para-hydroxylation sites is 1. The molecule has 1 aromatic carbocycles. The predicted octanol–water partition coefficient (Wildman–Crippen LogP) is 4.32. The number of hydrogen-bond acceptors (Lipinski definition) is 6. The van der Waals surface area contributed by atoms with E-state index in [0.717, 1.165) is 18.5 Å². The number of rotatable bonds is 6. The van der Waals surface area contributed by atoms with E-state index < -0.39 is 0 Å². The molecule has 4 rings (SSSR count). The van der Waals surface area contributed by atoms with Crippen LogP contribution in [-0.4, -0.2) is 46.7 Å². The Bertz CT molecular complexity index is 1130. The summed E-state index contributed by atoms with van der Waals surface area (Å²) >= 11 is 2.85. The van der Waals surface area contributed by atoms with E-state index >= 15 is 0 Å². The van der Waals surface area contributed by atoms with Crippen molar-refractivity contribution >= 4 is 57.3 Å². The second kappa shape index (κ2) is 10.5. The van der Waals surface area contributed by atoms with Gasteiger partial charge in [0.25, 0.3) is 5.91 Å². The molecule has 2 aromatic heterocycles. The van der Waals surface area contributed by atoms with Gasteiger partial charge in [-0.1, -0.05) is 18.2 Å². The lowest BCUT2D eigenvalue weighted by Gasteiger charge is -2.31. The van der Waals surface area contributed by atoms with E-state index in [1.165, 1.54) is 35.7 Å². The van der Waals surface area contributed by atoms with Crippen LogP contribution < -0.4 is 10.2 Å². The molecular formula is C24H24N4O3S2. The van der Waals surface area contributed by atoms with Gasteiger partial charge >= 0.3 is 0 Å². The van der Waals surface area contributed by atoms with Crippen LogP contribution in [-0.2, 0) is 9.59 Å². The Labute approximate surface area is 200 Å². The quantitative estimate of drug-likeness (QED) is 0.533. The molecule has 3 amide bonds. The summed E-state index contributed by atoms with van der Waals surface area (Å²) in [4.78, 5) is 44.9. The van der Waals surface area contributed by atoms with Gasteiger partial charge in [0.2, 0.25) is 11.8 Å². The Morgan fingerprint density at radius 1 is 1.12 bits per heavy atom. The summed E-state index contributed by atoms with van der Waals surface area (Å²) in [6.45, 7) is 2.68. The van der Waals surface area contributed by atoms with Crippen LogP contribution in [0, 0.1) is 0 Å². The molecule has 0 saturated carbocycles. The van der Waals surface area contributed by atoms with Gasteiger partial charge in [-0.15, -0.1) is 11.3 Å². The minimum atomic E-state index is -0.129. The average molecular weight is 481 g/mol. The van der Waals surface area contributed by atoms with Gasteiger partial charge in [-0.05, 0) is 42.5 Å². The van der Waals surface area contributed by atoms with E-state index in [0.29, 0.717) is 29.5 Å². The summed E-state index contributed by atoms with van der Waals surface area (Å²) in [7, 11) is 0. The van der Waals surface area contributed by atoms with Crippen LogP contribution in [0.5, 0.6) is 0 Å². The highest BCUT2D eigenvalue weighted by molar-refractivity contribution is 7.14. The Kier molecular flexibility index (Phi) is 7.31. The highest BCUT2D eigenvalue weighted by atomic mass is 32.1. The molecule has 0 spiro atoms. The number of nitrogens with zero attached hydrogens (tertiary/aromatic N) is 3. The number of anilines is 2. The molecule has 1 aliphatic rings. The lowest BCUT2D eigenvalue weighted by Crippen LogP contribution is -2.46. The Balaban J connectivity index is 1.32. The smallest absolute Gasteiger partial charge is 0.252 e. The van der Waals surface area contributed by atoms with E-state index in [4.69, 9.17) is 0 Å². The van der Waals surface area contributed by atoms with Gasteiger partial charge in [-0.25, -0.2) is 4.98 Å². The van der Waals surface area contributed by atoms with Gasteiger partial charge in [0, 0.05) is 48.5 Å². The Morgan fingerprint density at radius 2 is 1.88 bits per heavy atom. The van der Waals surface area contributed by atoms with E-state index in [1.54, 1.807) is 15.9 Å². The van der Waals surface area contributed by atoms with Crippen molar-refractivity contribution < 1.29 is 14.4 Å². The van der Waals surface area contributed by atoms with Crippen molar-refractivity contribution in [3.63, 3.8) is 0 Å². The summed E-state index contributed by atoms with van der Waals surface area (Å²) < 4.78 is 0. The van der Waals surface area contributed by atoms with Crippen LogP contribution in [0.1, 0.15) is 35.8 Å². The fourth-order valence-electron chi connectivity index (χ4n) is 3.63. The van der Waals surface area contributed by atoms with Crippen LogP contribution in [0.25, 0.3) is 6.08 Å². The Hall–Kier alpha value is -3.30. The molecule has 7 nitrogen and oxygen atoms in total. The number of nitrogens with one attached hydrogen (secondary N) is 1. The van der Waals surface area contributed by atoms with Crippen LogP contribution >= 0.6 is 22.7 Å². The number of carbonyl (C=O) groups excluding carboxylic acids is 3. The fraction of sp³-hybridized carbons (Fsp3) is 0.250. The summed E-state index contributed by atoms with van der Waals surface area (Å²) in [6, 6.07) is 11.2. The number of amides is 3. The number of piperidine rings is 1. The minimum absolute atomic E-state index is 0.0598. The Morgan fingerprint density at radius 3 is 2.55 bits per heavy atom. The van der Waals surface area contributed by atoms with Crippen LogP contribution in [0.4, 0.5) is 10.8 Å². The molecule has 0 unspecified atom stereocenters. The molecule has 170 valence electrons. The molecule has 33 heavy (non-hydrogen) atoms. The maximum absolute atomic E-state index is 12.6. The van der Waals surface area contributed by atoms with Crippen molar-refractivity contribution in [2.45, 2.75) is 25.8 Å². The minimum Gasteiger partial charge on any atom is -0.349 e. The first kappa shape index (κ1) is 22.9. The number of likely N-dealkylation sites (tertiary alicyclic amines) is 1. The topological polar surface area (TPSA) is 82.6 Å². The first-order valence-electron chi connectivity index (χ1n) is 10.6.